The van der Waals surface area contributed by atoms with Crippen LogP contribution in [0.1, 0.15) is 6.92 Å². The van der Waals surface area contributed by atoms with Gasteiger partial charge in [-0.1, -0.05) is 0 Å². The Morgan fingerprint density at radius 1 is 1.39 bits per heavy atom. The first-order valence-corrected chi connectivity index (χ1v) is 6.10. The van der Waals surface area contributed by atoms with Crippen LogP contribution in [0.3, 0.4) is 0 Å². The first-order valence-electron chi connectivity index (χ1n) is 6.10. The molecule has 7 heteroatoms. The molecule has 1 heterocycles. The van der Waals surface area contributed by atoms with E-state index in [2.05, 4.69) is 15.5 Å². The molecule has 1 amide bonds. The lowest BCUT2D eigenvalue weighted by Gasteiger charge is -2.26. The lowest BCUT2D eigenvalue weighted by atomic mass is 10.3. The smallest absolute Gasteiger partial charge is 0.327 e. The van der Waals surface area contributed by atoms with Crippen molar-refractivity contribution >= 4 is 11.9 Å². The molecule has 0 aromatic heterocycles. The molecule has 7 nitrogen and oxygen atoms in total. The van der Waals surface area contributed by atoms with Crippen molar-refractivity contribution in [2.24, 2.45) is 0 Å². The topological polar surface area (TPSA) is 90.9 Å². The number of hydrogen-bond donors (Lipinski definition) is 3. The van der Waals surface area contributed by atoms with Gasteiger partial charge in [-0.15, -0.1) is 0 Å². The summed E-state index contributed by atoms with van der Waals surface area (Å²) in [6, 6.07) is -0.868. The molecule has 0 aromatic carbocycles. The third-order valence-electron chi connectivity index (χ3n) is 2.73. The molecule has 1 unspecified atom stereocenters. The minimum atomic E-state index is -1.02. The Hall–Kier alpha value is -1.18. The minimum Gasteiger partial charge on any atom is -0.480 e. The SMILES string of the molecule is CC(=O)NC(CNCCN1CCOCC1)C(=O)O. The zero-order valence-corrected chi connectivity index (χ0v) is 10.6. The van der Waals surface area contributed by atoms with E-state index in [1.165, 1.54) is 6.92 Å². The van der Waals surface area contributed by atoms with Crippen molar-refractivity contribution in [3.63, 3.8) is 0 Å². The number of morpholine rings is 1. The lowest BCUT2D eigenvalue weighted by molar-refractivity contribution is -0.141. The van der Waals surface area contributed by atoms with Gasteiger partial charge in [-0.2, -0.15) is 0 Å². The van der Waals surface area contributed by atoms with Crippen molar-refractivity contribution < 1.29 is 19.4 Å². The van der Waals surface area contributed by atoms with E-state index >= 15 is 0 Å². The molecule has 0 radical (unpaired) electrons. The van der Waals surface area contributed by atoms with Gasteiger partial charge in [-0.3, -0.25) is 9.69 Å². The summed E-state index contributed by atoms with van der Waals surface area (Å²) in [5.74, 6) is -1.36. The van der Waals surface area contributed by atoms with Crippen LogP contribution >= 0.6 is 0 Å². The van der Waals surface area contributed by atoms with Crippen LogP contribution in [0.2, 0.25) is 0 Å². The van der Waals surface area contributed by atoms with Crippen molar-refractivity contribution in [3.05, 3.63) is 0 Å². The number of rotatable bonds is 7. The molecule has 18 heavy (non-hydrogen) atoms. The number of carbonyl (C=O) groups excluding carboxylic acids is 1. The molecular weight excluding hydrogens is 238 g/mol. The quantitative estimate of drug-likeness (QED) is 0.482. The van der Waals surface area contributed by atoms with Crippen LogP contribution in [0.25, 0.3) is 0 Å². The molecule has 1 rings (SSSR count). The maximum Gasteiger partial charge on any atom is 0.327 e. The first kappa shape index (κ1) is 14.9. The van der Waals surface area contributed by atoms with E-state index in [1.54, 1.807) is 0 Å². The largest absolute Gasteiger partial charge is 0.480 e. The summed E-state index contributed by atoms with van der Waals surface area (Å²) < 4.78 is 5.23. The van der Waals surface area contributed by atoms with E-state index in [9.17, 15) is 9.59 Å². The fraction of sp³-hybridized carbons (Fsp3) is 0.818. The number of aliphatic carboxylic acids is 1. The average Bonchev–Trinajstić information content (AvgIpc) is 2.33. The van der Waals surface area contributed by atoms with Crippen LogP contribution in [0.4, 0.5) is 0 Å². The molecule has 104 valence electrons. The fourth-order valence-corrected chi connectivity index (χ4v) is 1.75. The first-order chi connectivity index (χ1) is 8.59. The molecular formula is C11H21N3O4. The molecule has 1 atom stereocenters. The van der Waals surface area contributed by atoms with Gasteiger partial charge in [0, 0.05) is 39.6 Å². The Morgan fingerprint density at radius 2 is 2.06 bits per heavy atom. The predicted octanol–water partition coefficient (Wildman–Crippen LogP) is -1.50. The van der Waals surface area contributed by atoms with Gasteiger partial charge in [0.15, 0.2) is 0 Å². The molecule has 0 saturated carbocycles. The van der Waals surface area contributed by atoms with Gasteiger partial charge in [0.25, 0.3) is 0 Å². The minimum absolute atomic E-state index is 0.235. The van der Waals surface area contributed by atoms with E-state index in [4.69, 9.17) is 9.84 Å². The molecule has 3 N–H and O–H groups in total. The average molecular weight is 259 g/mol. The van der Waals surface area contributed by atoms with E-state index < -0.39 is 12.0 Å². The highest BCUT2D eigenvalue weighted by Gasteiger charge is 2.17. The van der Waals surface area contributed by atoms with Crippen LogP contribution in [0, 0.1) is 0 Å². The highest BCUT2D eigenvalue weighted by Crippen LogP contribution is 1.94. The van der Waals surface area contributed by atoms with E-state index in [1.807, 2.05) is 0 Å². The van der Waals surface area contributed by atoms with Crippen molar-refractivity contribution in [3.8, 4) is 0 Å². The number of carbonyl (C=O) groups is 2. The highest BCUT2D eigenvalue weighted by molar-refractivity contribution is 5.82. The summed E-state index contributed by atoms with van der Waals surface area (Å²) in [7, 11) is 0. The van der Waals surface area contributed by atoms with Gasteiger partial charge >= 0.3 is 5.97 Å². The zero-order chi connectivity index (χ0) is 13.4. The summed E-state index contributed by atoms with van der Waals surface area (Å²) in [4.78, 5) is 23.9. The lowest BCUT2D eigenvalue weighted by Crippen LogP contribution is -2.48. The predicted molar refractivity (Wildman–Crippen MR) is 65.4 cm³/mol. The van der Waals surface area contributed by atoms with Crippen LogP contribution in [-0.2, 0) is 14.3 Å². The number of amides is 1. The summed E-state index contributed by atoms with van der Waals surface area (Å²) in [5.41, 5.74) is 0. The molecule has 0 aliphatic carbocycles. The van der Waals surface area contributed by atoms with Crippen LogP contribution < -0.4 is 10.6 Å². The molecule has 1 aliphatic rings. The second kappa shape index (κ2) is 8.02. The Bertz CT molecular complexity index is 279. The second-order valence-electron chi connectivity index (χ2n) is 4.25. The number of nitrogens with zero attached hydrogens (tertiary/aromatic N) is 1. The Morgan fingerprint density at radius 3 is 2.61 bits per heavy atom. The standard InChI is InChI=1S/C11H21N3O4/c1-9(15)13-10(11(16)17)8-12-2-3-14-4-6-18-7-5-14/h10,12H,2-8H2,1H3,(H,13,15)(H,16,17). The van der Waals surface area contributed by atoms with Gasteiger partial charge in [-0.05, 0) is 0 Å². The number of hydrogen-bond acceptors (Lipinski definition) is 5. The van der Waals surface area contributed by atoms with E-state index in [0.29, 0.717) is 6.54 Å². The van der Waals surface area contributed by atoms with Gasteiger partial charge in [0.2, 0.25) is 5.91 Å². The maximum absolute atomic E-state index is 10.8. The molecule has 0 bridgehead atoms. The Balaban J connectivity index is 2.13. The third kappa shape index (κ3) is 5.95. The maximum atomic E-state index is 10.8. The van der Waals surface area contributed by atoms with E-state index in [-0.39, 0.29) is 12.5 Å². The third-order valence-corrected chi connectivity index (χ3v) is 2.73. The summed E-state index contributed by atoms with van der Waals surface area (Å²) in [6.07, 6.45) is 0. The monoisotopic (exact) mass is 259 g/mol. The van der Waals surface area contributed by atoms with Crippen LogP contribution in [0.15, 0.2) is 0 Å². The van der Waals surface area contributed by atoms with Gasteiger partial charge in [0.1, 0.15) is 6.04 Å². The summed E-state index contributed by atoms with van der Waals surface area (Å²) in [6.45, 7) is 6.43. The van der Waals surface area contributed by atoms with E-state index in [0.717, 1.165) is 32.8 Å². The Kier molecular flexibility index (Phi) is 6.63. The van der Waals surface area contributed by atoms with Gasteiger partial charge in [-0.25, -0.2) is 4.79 Å². The number of carboxylic acid groups (broad SMARTS) is 1. The Labute approximate surface area is 106 Å². The molecule has 1 aliphatic heterocycles. The summed E-state index contributed by atoms with van der Waals surface area (Å²) in [5, 5.41) is 14.3. The molecule has 1 fully saturated rings. The van der Waals surface area contributed by atoms with Crippen LogP contribution in [-0.4, -0.2) is 73.9 Å². The van der Waals surface area contributed by atoms with Crippen molar-refractivity contribution in [2.45, 2.75) is 13.0 Å². The molecule has 0 spiro atoms. The molecule has 0 aromatic rings. The normalized spacial score (nSPS) is 18.3. The number of carboxylic acids is 1. The highest BCUT2D eigenvalue weighted by atomic mass is 16.5. The van der Waals surface area contributed by atoms with Crippen molar-refractivity contribution in [1.82, 2.24) is 15.5 Å². The zero-order valence-electron chi connectivity index (χ0n) is 10.6. The van der Waals surface area contributed by atoms with Gasteiger partial charge in [0.05, 0.1) is 13.2 Å². The molecule has 1 saturated heterocycles. The van der Waals surface area contributed by atoms with Crippen LogP contribution in [0.5, 0.6) is 0 Å². The second-order valence-corrected chi connectivity index (χ2v) is 4.25. The summed E-state index contributed by atoms with van der Waals surface area (Å²) >= 11 is 0. The number of nitrogens with one attached hydrogen (secondary N) is 2. The number of ether oxygens (including phenoxy) is 1. The fourth-order valence-electron chi connectivity index (χ4n) is 1.75. The van der Waals surface area contributed by atoms with Crippen molar-refractivity contribution in [2.75, 3.05) is 45.9 Å². The van der Waals surface area contributed by atoms with Gasteiger partial charge < -0.3 is 20.5 Å². The van der Waals surface area contributed by atoms with Crippen molar-refractivity contribution in [1.29, 1.82) is 0 Å².